The van der Waals surface area contributed by atoms with Gasteiger partial charge in [-0.2, -0.15) is 8.78 Å². The van der Waals surface area contributed by atoms with E-state index in [1.807, 2.05) is 0 Å². The average Bonchev–Trinajstić information content (AvgIpc) is 3.21. The molecule has 2 N–H and O–H groups in total. The number of hydrogen-bond acceptors (Lipinski definition) is 5. The summed E-state index contributed by atoms with van der Waals surface area (Å²) in [7, 11) is 0. The van der Waals surface area contributed by atoms with Gasteiger partial charge in [-0.25, -0.2) is 0 Å². The predicted octanol–water partition coefficient (Wildman–Crippen LogP) is 3.96. The standard InChI is InChI=1S/C21H23F2N3O3S/c1-12-18(13-8-10-26(12)11-9-13)25-20(27)16-6-7-17(30-16)29-15-5-3-2-4-14(15)24-21(28)19(22)23/h2-7,12-13,18-19H,8-11H2,1H3,(H,24,28)(H,25,27)/t12-,18+/m1/s1. The Morgan fingerprint density at radius 3 is 2.60 bits per heavy atom. The topological polar surface area (TPSA) is 70.7 Å². The lowest BCUT2D eigenvalue weighted by Crippen LogP contribution is -2.62. The number of carbonyl (C=O) groups is 2. The molecule has 0 saturated carbocycles. The number of benzene rings is 1. The highest BCUT2D eigenvalue weighted by Crippen LogP contribution is 2.35. The minimum Gasteiger partial charge on any atom is -0.444 e. The molecule has 2 amide bonds. The first-order valence-corrected chi connectivity index (χ1v) is 10.7. The lowest BCUT2D eigenvalue weighted by molar-refractivity contribution is -0.126. The van der Waals surface area contributed by atoms with Crippen LogP contribution in [0.25, 0.3) is 0 Å². The number of amides is 2. The molecule has 1 aromatic heterocycles. The number of ether oxygens (including phenoxy) is 1. The van der Waals surface area contributed by atoms with Crippen LogP contribution in [0.5, 0.6) is 10.8 Å². The highest BCUT2D eigenvalue weighted by atomic mass is 32.1. The molecule has 2 atom stereocenters. The Bertz CT molecular complexity index is 926. The van der Waals surface area contributed by atoms with Crippen LogP contribution in [0.1, 0.15) is 29.4 Å². The number of thiophene rings is 1. The van der Waals surface area contributed by atoms with Crippen molar-refractivity contribution in [1.82, 2.24) is 10.2 Å². The van der Waals surface area contributed by atoms with Gasteiger partial charge in [0.05, 0.1) is 10.6 Å². The van der Waals surface area contributed by atoms with Crippen LogP contribution in [0, 0.1) is 5.92 Å². The van der Waals surface area contributed by atoms with Crippen LogP contribution in [-0.2, 0) is 4.79 Å². The number of nitrogens with one attached hydrogen (secondary N) is 2. The van der Waals surface area contributed by atoms with E-state index in [2.05, 4.69) is 22.5 Å². The van der Waals surface area contributed by atoms with E-state index < -0.39 is 12.3 Å². The van der Waals surface area contributed by atoms with Gasteiger partial charge in [-0.1, -0.05) is 23.5 Å². The Labute approximate surface area is 177 Å². The van der Waals surface area contributed by atoms with Crippen LogP contribution >= 0.6 is 11.3 Å². The Morgan fingerprint density at radius 2 is 1.90 bits per heavy atom. The first-order chi connectivity index (χ1) is 14.4. The summed E-state index contributed by atoms with van der Waals surface area (Å²) in [4.78, 5) is 27.0. The number of para-hydroxylation sites is 2. The van der Waals surface area contributed by atoms with Gasteiger partial charge in [0.1, 0.15) is 0 Å². The number of halogens is 2. The summed E-state index contributed by atoms with van der Waals surface area (Å²) in [5.74, 6) is -0.801. The summed E-state index contributed by atoms with van der Waals surface area (Å²) >= 11 is 1.17. The van der Waals surface area contributed by atoms with Gasteiger partial charge < -0.3 is 15.4 Å². The number of hydrogen-bond donors (Lipinski definition) is 2. The van der Waals surface area contributed by atoms with Crippen molar-refractivity contribution in [2.24, 2.45) is 5.92 Å². The van der Waals surface area contributed by atoms with E-state index in [1.165, 1.54) is 17.4 Å². The molecule has 5 rings (SSSR count). The van der Waals surface area contributed by atoms with Crippen LogP contribution in [0.4, 0.5) is 14.5 Å². The molecule has 0 unspecified atom stereocenters. The Morgan fingerprint density at radius 1 is 1.17 bits per heavy atom. The molecule has 2 bridgehead atoms. The van der Waals surface area contributed by atoms with Gasteiger partial charge >= 0.3 is 6.43 Å². The van der Waals surface area contributed by atoms with Crippen molar-refractivity contribution in [3.05, 3.63) is 41.3 Å². The van der Waals surface area contributed by atoms with Crippen molar-refractivity contribution >= 4 is 28.8 Å². The van der Waals surface area contributed by atoms with Crippen LogP contribution < -0.4 is 15.4 Å². The molecule has 4 heterocycles. The van der Waals surface area contributed by atoms with E-state index in [-0.39, 0.29) is 23.4 Å². The smallest absolute Gasteiger partial charge is 0.315 e. The Hall–Kier alpha value is -2.52. The maximum absolute atomic E-state index is 12.8. The summed E-state index contributed by atoms with van der Waals surface area (Å²) in [5, 5.41) is 5.75. The van der Waals surface area contributed by atoms with Crippen LogP contribution in [0.2, 0.25) is 0 Å². The van der Waals surface area contributed by atoms with Gasteiger partial charge in [-0.15, -0.1) is 0 Å². The van der Waals surface area contributed by atoms with Crippen molar-refractivity contribution in [1.29, 1.82) is 0 Å². The highest BCUT2D eigenvalue weighted by molar-refractivity contribution is 7.15. The summed E-state index contributed by atoms with van der Waals surface area (Å²) in [5.41, 5.74) is 0.142. The molecule has 1 aromatic carbocycles. The average molecular weight is 435 g/mol. The van der Waals surface area contributed by atoms with Crippen LogP contribution in [0.3, 0.4) is 0 Å². The molecule has 30 heavy (non-hydrogen) atoms. The molecular weight excluding hydrogens is 412 g/mol. The third-order valence-corrected chi connectivity index (χ3v) is 6.80. The molecule has 3 aliphatic rings. The number of carbonyl (C=O) groups excluding carboxylic acids is 2. The monoisotopic (exact) mass is 435 g/mol. The Kier molecular flexibility index (Phi) is 6.01. The van der Waals surface area contributed by atoms with Crippen LogP contribution in [-0.4, -0.2) is 48.3 Å². The van der Waals surface area contributed by atoms with E-state index in [4.69, 9.17) is 4.74 Å². The molecule has 0 spiro atoms. The van der Waals surface area contributed by atoms with Gasteiger partial charge in [0, 0.05) is 12.1 Å². The first kappa shape index (κ1) is 20.7. The molecular formula is C21H23F2N3O3S. The molecule has 3 fully saturated rings. The zero-order chi connectivity index (χ0) is 21.3. The fourth-order valence-electron chi connectivity index (χ4n) is 4.22. The third-order valence-electron chi connectivity index (χ3n) is 5.83. The van der Waals surface area contributed by atoms with E-state index in [9.17, 15) is 18.4 Å². The van der Waals surface area contributed by atoms with Gasteiger partial charge in [0.2, 0.25) is 0 Å². The maximum atomic E-state index is 12.8. The third kappa shape index (κ3) is 4.32. The fraction of sp³-hybridized carbons (Fsp3) is 0.429. The van der Waals surface area contributed by atoms with Crippen molar-refractivity contribution in [2.45, 2.75) is 38.3 Å². The summed E-state index contributed by atoms with van der Waals surface area (Å²) in [6, 6.07) is 10.1. The zero-order valence-electron chi connectivity index (χ0n) is 16.4. The van der Waals surface area contributed by atoms with E-state index >= 15 is 0 Å². The van der Waals surface area contributed by atoms with Gasteiger partial charge in [-0.05, 0) is 63.0 Å². The number of rotatable bonds is 6. The predicted molar refractivity (Wildman–Crippen MR) is 110 cm³/mol. The van der Waals surface area contributed by atoms with E-state index in [1.54, 1.807) is 30.3 Å². The minimum absolute atomic E-state index is 0.136. The molecule has 3 saturated heterocycles. The maximum Gasteiger partial charge on any atom is 0.315 e. The number of anilines is 1. The number of piperidine rings is 3. The van der Waals surface area contributed by atoms with Crippen molar-refractivity contribution in [3.8, 4) is 10.8 Å². The van der Waals surface area contributed by atoms with Crippen molar-refractivity contribution < 1.29 is 23.1 Å². The van der Waals surface area contributed by atoms with Crippen molar-refractivity contribution in [2.75, 3.05) is 18.4 Å². The number of nitrogens with zero attached hydrogens (tertiary/aromatic N) is 1. The van der Waals surface area contributed by atoms with E-state index in [0.717, 1.165) is 25.9 Å². The van der Waals surface area contributed by atoms with Crippen LogP contribution in [0.15, 0.2) is 36.4 Å². The molecule has 2 aromatic rings. The van der Waals surface area contributed by atoms with Gasteiger partial charge in [0.25, 0.3) is 11.8 Å². The molecule has 3 aliphatic heterocycles. The molecule has 6 nitrogen and oxygen atoms in total. The minimum atomic E-state index is -3.12. The second-order valence-corrected chi connectivity index (χ2v) is 8.67. The van der Waals surface area contributed by atoms with Crippen molar-refractivity contribution in [3.63, 3.8) is 0 Å². The first-order valence-electron chi connectivity index (χ1n) is 9.93. The normalized spacial score (nSPS) is 25.2. The van der Waals surface area contributed by atoms with Gasteiger partial charge in [0.15, 0.2) is 10.8 Å². The number of alkyl halides is 2. The second-order valence-electron chi connectivity index (χ2n) is 7.62. The highest BCUT2D eigenvalue weighted by Gasteiger charge is 2.40. The molecule has 0 aliphatic carbocycles. The lowest BCUT2D eigenvalue weighted by Gasteiger charge is -2.49. The number of fused-ring (bicyclic) bond motifs is 3. The fourth-order valence-corrected chi connectivity index (χ4v) is 4.99. The second kappa shape index (κ2) is 8.69. The van der Waals surface area contributed by atoms with E-state index in [0.29, 0.717) is 21.9 Å². The lowest BCUT2D eigenvalue weighted by atomic mass is 9.79. The van der Waals surface area contributed by atoms with Gasteiger partial charge in [-0.3, -0.25) is 14.5 Å². The molecule has 0 radical (unpaired) electrons. The summed E-state index contributed by atoms with van der Waals surface area (Å²) in [6.07, 6.45) is -0.909. The summed E-state index contributed by atoms with van der Waals surface area (Å²) < 4.78 is 30.8. The summed E-state index contributed by atoms with van der Waals surface area (Å²) in [6.45, 7) is 4.34. The molecule has 9 heteroatoms. The quantitative estimate of drug-likeness (QED) is 0.721. The molecule has 160 valence electrons. The zero-order valence-corrected chi connectivity index (χ0v) is 17.3. The SMILES string of the molecule is C[C@@H]1[C@H](NC(=O)c2ccc(Oc3ccccc3NC(=O)C(F)F)s2)C2CCN1CC2. The Balaban J connectivity index is 1.42. The largest absolute Gasteiger partial charge is 0.444 e.